The fraction of sp³-hybridized carbons (Fsp3) is 0.636. The first kappa shape index (κ1) is 19.0. The molecule has 0 aliphatic rings. The highest BCUT2D eigenvalue weighted by atomic mass is 14.0. The zero-order chi connectivity index (χ0) is 15.7. The summed E-state index contributed by atoms with van der Waals surface area (Å²) in [7, 11) is 0. The van der Waals surface area contributed by atoms with Gasteiger partial charge >= 0.3 is 0 Å². The molecule has 124 valence electrons. The van der Waals surface area contributed by atoms with E-state index < -0.39 is 0 Å². The number of hydrogen-bond acceptors (Lipinski definition) is 0. The van der Waals surface area contributed by atoms with Gasteiger partial charge in [-0.3, -0.25) is 0 Å². The summed E-state index contributed by atoms with van der Waals surface area (Å²) in [6.45, 7) is 2.29. The van der Waals surface area contributed by atoms with E-state index >= 15 is 0 Å². The van der Waals surface area contributed by atoms with Crippen molar-refractivity contribution >= 4 is 0 Å². The summed E-state index contributed by atoms with van der Waals surface area (Å²) in [6, 6.07) is 10.8. The fourth-order valence-corrected chi connectivity index (χ4v) is 2.88. The molecule has 0 aromatic heterocycles. The summed E-state index contributed by atoms with van der Waals surface area (Å²) in [5.41, 5.74) is 1.45. The van der Waals surface area contributed by atoms with Gasteiger partial charge in [-0.1, -0.05) is 107 Å². The van der Waals surface area contributed by atoms with Crippen LogP contribution >= 0.6 is 0 Å². The Kier molecular flexibility index (Phi) is 12.9. The van der Waals surface area contributed by atoms with E-state index in [9.17, 15) is 0 Å². The summed E-state index contributed by atoms with van der Waals surface area (Å²) in [6.07, 6.45) is 22.6. The van der Waals surface area contributed by atoms with Crippen LogP contribution in [0.4, 0.5) is 0 Å². The lowest BCUT2D eigenvalue weighted by Gasteiger charge is -2.01. The summed E-state index contributed by atoms with van der Waals surface area (Å²) in [4.78, 5) is 0. The quantitative estimate of drug-likeness (QED) is 0.247. The molecule has 0 heteroatoms. The van der Waals surface area contributed by atoms with E-state index in [2.05, 4.69) is 49.4 Å². The number of unbranched alkanes of at least 4 members (excludes halogenated alkanes) is 10. The minimum Gasteiger partial charge on any atom is -0.0885 e. The Balaban J connectivity index is 1.80. The standard InChI is InChI=1S/C22H36/c1-2-3-4-5-6-7-8-9-10-11-12-13-14-16-19-22-20-17-15-18-21-22/h13-15,17-18,20-21H,2-12,16,19H2,1H3. The van der Waals surface area contributed by atoms with Crippen molar-refractivity contribution in [2.75, 3.05) is 0 Å². The van der Waals surface area contributed by atoms with Gasteiger partial charge in [0.1, 0.15) is 0 Å². The molecule has 0 spiro atoms. The van der Waals surface area contributed by atoms with Crippen LogP contribution in [-0.4, -0.2) is 0 Å². The molecular weight excluding hydrogens is 264 g/mol. The van der Waals surface area contributed by atoms with E-state index in [0.717, 1.165) is 0 Å². The minimum absolute atomic E-state index is 1.18. The molecule has 0 bridgehead atoms. The Morgan fingerprint density at radius 3 is 1.82 bits per heavy atom. The molecule has 0 nitrogen and oxygen atoms in total. The number of aryl methyl sites for hydroxylation is 1. The first-order chi connectivity index (χ1) is 10.9. The molecule has 1 rings (SSSR count). The second-order valence-electron chi connectivity index (χ2n) is 6.47. The van der Waals surface area contributed by atoms with Gasteiger partial charge in [-0.2, -0.15) is 0 Å². The Morgan fingerprint density at radius 1 is 0.636 bits per heavy atom. The molecule has 1 aromatic rings. The minimum atomic E-state index is 1.18. The van der Waals surface area contributed by atoms with E-state index in [1.165, 1.54) is 89.0 Å². The van der Waals surface area contributed by atoms with Gasteiger partial charge in [-0.05, 0) is 31.2 Å². The van der Waals surface area contributed by atoms with Crippen LogP contribution in [0.25, 0.3) is 0 Å². The summed E-state index contributed by atoms with van der Waals surface area (Å²) in [5, 5.41) is 0. The summed E-state index contributed by atoms with van der Waals surface area (Å²) < 4.78 is 0. The van der Waals surface area contributed by atoms with Crippen LogP contribution in [0.3, 0.4) is 0 Å². The van der Waals surface area contributed by atoms with E-state index in [-0.39, 0.29) is 0 Å². The molecule has 0 N–H and O–H groups in total. The first-order valence-corrected chi connectivity index (χ1v) is 9.62. The maximum atomic E-state index is 2.38. The smallest absolute Gasteiger partial charge is 0.0244 e. The molecule has 0 amide bonds. The monoisotopic (exact) mass is 300 g/mol. The highest BCUT2D eigenvalue weighted by Gasteiger charge is 1.92. The van der Waals surface area contributed by atoms with Gasteiger partial charge < -0.3 is 0 Å². The highest BCUT2D eigenvalue weighted by molar-refractivity contribution is 5.15. The average Bonchev–Trinajstić information content (AvgIpc) is 2.56. The Morgan fingerprint density at radius 2 is 1.18 bits per heavy atom. The van der Waals surface area contributed by atoms with Crippen molar-refractivity contribution in [1.29, 1.82) is 0 Å². The molecular formula is C22H36. The maximum absolute atomic E-state index is 2.38. The van der Waals surface area contributed by atoms with Gasteiger partial charge in [0, 0.05) is 0 Å². The largest absolute Gasteiger partial charge is 0.0885 e. The van der Waals surface area contributed by atoms with Crippen molar-refractivity contribution in [3.05, 3.63) is 48.0 Å². The predicted molar refractivity (Wildman–Crippen MR) is 100 cm³/mol. The number of benzene rings is 1. The average molecular weight is 301 g/mol. The van der Waals surface area contributed by atoms with Crippen molar-refractivity contribution < 1.29 is 0 Å². The number of hydrogen-bond donors (Lipinski definition) is 0. The van der Waals surface area contributed by atoms with Crippen molar-refractivity contribution in [2.24, 2.45) is 0 Å². The molecule has 0 fully saturated rings. The highest BCUT2D eigenvalue weighted by Crippen LogP contribution is 2.11. The maximum Gasteiger partial charge on any atom is -0.0244 e. The molecule has 0 unspecified atom stereocenters. The zero-order valence-electron chi connectivity index (χ0n) is 14.7. The third-order valence-corrected chi connectivity index (χ3v) is 4.33. The predicted octanol–water partition coefficient (Wildman–Crippen LogP) is 7.49. The lowest BCUT2D eigenvalue weighted by Crippen LogP contribution is -1.82. The van der Waals surface area contributed by atoms with Gasteiger partial charge in [-0.15, -0.1) is 0 Å². The lowest BCUT2D eigenvalue weighted by molar-refractivity contribution is 0.557. The van der Waals surface area contributed by atoms with Crippen LogP contribution in [0.15, 0.2) is 42.5 Å². The summed E-state index contributed by atoms with van der Waals surface area (Å²) in [5.74, 6) is 0. The molecule has 0 saturated carbocycles. The molecule has 0 radical (unpaired) electrons. The molecule has 0 saturated heterocycles. The van der Waals surface area contributed by atoms with Crippen LogP contribution in [-0.2, 0) is 6.42 Å². The number of allylic oxidation sites excluding steroid dienone is 2. The van der Waals surface area contributed by atoms with Crippen LogP contribution in [0, 0.1) is 0 Å². The lowest BCUT2D eigenvalue weighted by atomic mass is 10.1. The van der Waals surface area contributed by atoms with Crippen LogP contribution in [0.2, 0.25) is 0 Å². The van der Waals surface area contributed by atoms with Gasteiger partial charge in [0.05, 0.1) is 0 Å². The second-order valence-corrected chi connectivity index (χ2v) is 6.47. The Bertz CT molecular complexity index is 350. The Labute approximate surface area is 139 Å². The number of rotatable bonds is 14. The topological polar surface area (TPSA) is 0 Å². The van der Waals surface area contributed by atoms with Crippen LogP contribution in [0.1, 0.15) is 89.5 Å². The molecule has 1 aromatic carbocycles. The van der Waals surface area contributed by atoms with E-state index in [1.54, 1.807) is 0 Å². The van der Waals surface area contributed by atoms with Crippen molar-refractivity contribution in [3.63, 3.8) is 0 Å². The van der Waals surface area contributed by atoms with E-state index in [0.29, 0.717) is 0 Å². The van der Waals surface area contributed by atoms with Gasteiger partial charge in [0.15, 0.2) is 0 Å². The third-order valence-electron chi connectivity index (χ3n) is 4.33. The van der Waals surface area contributed by atoms with Crippen molar-refractivity contribution in [2.45, 2.75) is 90.4 Å². The van der Waals surface area contributed by atoms with E-state index in [1.807, 2.05) is 0 Å². The van der Waals surface area contributed by atoms with Crippen molar-refractivity contribution in [3.8, 4) is 0 Å². The molecule has 0 aliphatic heterocycles. The van der Waals surface area contributed by atoms with Crippen LogP contribution in [0.5, 0.6) is 0 Å². The fourth-order valence-electron chi connectivity index (χ4n) is 2.88. The third kappa shape index (κ3) is 11.6. The molecule has 0 aliphatic carbocycles. The van der Waals surface area contributed by atoms with Gasteiger partial charge in [-0.25, -0.2) is 0 Å². The Hall–Kier alpha value is -1.04. The zero-order valence-corrected chi connectivity index (χ0v) is 14.7. The van der Waals surface area contributed by atoms with Gasteiger partial charge in [0.2, 0.25) is 0 Å². The van der Waals surface area contributed by atoms with Crippen molar-refractivity contribution in [1.82, 2.24) is 0 Å². The van der Waals surface area contributed by atoms with Gasteiger partial charge in [0.25, 0.3) is 0 Å². The molecule has 22 heavy (non-hydrogen) atoms. The van der Waals surface area contributed by atoms with E-state index in [4.69, 9.17) is 0 Å². The summed E-state index contributed by atoms with van der Waals surface area (Å²) >= 11 is 0. The SMILES string of the molecule is CCCCCCCCCCCCC=CCCc1ccccc1. The first-order valence-electron chi connectivity index (χ1n) is 9.62. The normalized spacial score (nSPS) is 11.3. The molecule has 0 atom stereocenters. The molecule has 0 heterocycles. The van der Waals surface area contributed by atoms with Crippen LogP contribution < -0.4 is 0 Å². The second kappa shape index (κ2) is 14.9.